The van der Waals surface area contributed by atoms with Gasteiger partial charge in [0.25, 0.3) is 5.56 Å². The van der Waals surface area contributed by atoms with Gasteiger partial charge in [0, 0.05) is 35.9 Å². The van der Waals surface area contributed by atoms with E-state index in [1.165, 1.54) is 61.7 Å². The van der Waals surface area contributed by atoms with Crippen LogP contribution in [-0.4, -0.2) is 45.1 Å². The third-order valence-electron chi connectivity index (χ3n) is 8.77. The Morgan fingerprint density at radius 3 is 1.97 bits per heavy atom. The summed E-state index contributed by atoms with van der Waals surface area (Å²) in [5.74, 6) is -0.227. The van der Waals surface area contributed by atoms with Crippen molar-refractivity contribution in [2.75, 3.05) is 6.61 Å². The molecule has 1 saturated heterocycles. The van der Waals surface area contributed by atoms with Gasteiger partial charge in [-0.05, 0) is 60.7 Å². The van der Waals surface area contributed by atoms with Crippen LogP contribution in [0.25, 0.3) is 10.4 Å². The van der Waals surface area contributed by atoms with Crippen LogP contribution in [0.5, 0.6) is 11.5 Å². The molecule has 1 fully saturated rings. The fraction of sp³-hybridized carbons (Fsp3) is 0.514. The number of H-pyrrole nitrogens is 1. The van der Waals surface area contributed by atoms with Crippen LogP contribution in [0.1, 0.15) is 101 Å². The Labute approximate surface area is 340 Å². The van der Waals surface area contributed by atoms with Gasteiger partial charge in [0.15, 0.2) is 0 Å². The number of nitrogens with zero attached hydrogens (tertiary/aromatic N) is 4. The average Bonchev–Trinajstić information content (AvgIpc) is 3.59. The average molecular weight is 867 g/mol. The minimum absolute atomic E-state index is 0. The Bertz CT molecular complexity index is 2090. The molecule has 0 spiro atoms. The van der Waals surface area contributed by atoms with E-state index in [-0.39, 0.29) is 48.4 Å². The predicted molar refractivity (Wildman–Crippen MR) is 214 cm³/mol. The molecule has 3 aromatic rings. The van der Waals surface area contributed by atoms with Crippen LogP contribution in [-0.2, 0) is 54.6 Å². The Balaban J connectivity index is 0.00000930. The monoisotopic (exact) mass is 866 g/mol. The number of nitrogens with one attached hydrogen (secondary N) is 1. The number of aryl methyl sites for hydroxylation is 1. The normalized spacial score (nSPS) is 18.1. The van der Waals surface area contributed by atoms with Gasteiger partial charge in [0.05, 0.1) is 32.0 Å². The molecule has 20 nitrogen and oxygen atoms in total. The predicted octanol–water partition coefficient (Wildman–Crippen LogP) is 8.01. The number of carbonyl (C=O) groups excluding carboxylic acids is 2. The summed E-state index contributed by atoms with van der Waals surface area (Å²) in [5, 5.41) is 3.65. The molecule has 5 atom stereocenters. The van der Waals surface area contributed by atoms with E-state index in [4.69, 9.17) is 37.6 Å². The zero-order valence-electron chi connectivity index (χ0n) is 33.3. The van der Waals surface area contributed by atoms with Crippen LogP contribution < -0.4 is 26.9 Å². The number of unbranched alkanes of at least 4 members (excludes halogenated alkanes) is 5. The molecule has 0 aliphatic carbocycles. The Morgan fingerprint density at radius 1 is 0.881 bits per heavy atom. The number of azide groups is 1. The van der Waals surface area contributed by atoms with Crippen molar-refractivity contribution in [1.82, 2.24) is 15.7 Å². The van der Waals surface area contributed by atoms with Crippen LogP contribution >= 0.6 is 15.6 Å². The minimum Gasteiger partial charge on any atom is -0.427 e. The number of aromatic amines is 1. The number of phosphoric ester groups is 2. The van der Waals surface area contributed by atoms with Gasteiger partial charge < -0.3 is 25.3 Å². The van der Waals surface area contributed by atoms with Crippen LogP contribution in [0.3, 0.4) is 0 Å². The van der Waals surface area contributed by atoms with Crippen molar-refractivity contribution in [2.45, 2.75) is 117 Å². The summed E-state index contributed by atoms with van der Waals surface area (Å²) in [5.41, 5.74) is 8.75. The molecule has 2 heterocycles. The van der Waals surface area contributed by atoms with Gasteiger partial charge in [0.1, 0.15) is 17.7 Å². The molecule has 4 rings (SSSR count). The van der Waals surface area contributed by atoms with Crippen LogP contribution in [0.15, 0.2) is 69.4 Å². The first kappa shape index (κ1) is 48.9. The highest BCUT2D eigenvalue weighted by Gasteiger charge is 2.42. The third kappa shape index (κ3) is 16.3. The Morgan fingerprint density at radius 2 is 1.42 bits per heavy atom. The van der Waals surface area contributed by atoms with Gasteiger partial charge >= 0.3 is 33.3 Å². The molecular weight excluding hydrogens is 814 g/mol. The fourth-order valence-electron chi connectivity index (χ4n) is 5.60. The van der Waals surface area contributed by atoms with E-state index >= 15 is 0 Å². The van der Waals surface area contributed by atoms with Crippen LogP contribution in [0.4, 0.5) is 0 Å². The molecule has 59 heavy (non-hydrogen) atoms. The molecule has 0 amide bonds. The highest BCUT2D eigenvalue weighted by atomic mass is 31.3. The van der Waals surface area contributed by atoms with E-state index in [9.17, 15) is 33.2 Å². The van der Waals surface area contributed by atoms with Gasteiger partial charge in [-0.2, -0.15) is 4.31 Å². The van der Waals surface area contributed by atoms with Gasteiger partial charge in [-0.3, -0.25) is 37.5 Å². The van der Waals surface area contributed by atoms with Crippen LogP contribution in [0.2, 0.25) is 0 Å². The standard InChI is InChI=1S/C37H49N5O14P2.H3N/c1-4-6-8-9-10-12-35(44)54-30-19-15-28(16-20-30)24-52-58(49,51-23-27-13-17-29(18-14-27)53-34(43)11-7-5-2)56-57(47,48)50-25-32-31(40-41-38)21-33(55-32)42-22-26(3)36(45)39-37(42)46;/h13-20,22,31-33H,4-12,21,23-25H2,1-3H3,(H,47,48)(H,39,45,46);1H3/t31-,32+,33+,58?;/m0./s1. The number of hydrogen-bond donors (Lipinski definition) is 3. The molecule has 1 aromatic heterocycles. The van der Waals surface area contributed by atoms with E-state index in [1.807, 2.05) is 6.92 Å². The molecule has 2 aromatic carbocycles. The number of ether oxygens (including phenoxy) is 3. The zero-order valence-corrected chi connectivity index (χ0v) is 35.1. The molecule has 5 N–H and O–H groups in total. The topological polar surface area (TPSA) is 292 Å². The summed E-state index contributed by atoms with van der Waals surface area (Å²) < 4.78 is 66.0. The maximum Gasteiger partial charge on any atom is 0.484 e. The van der Waals surface area contributed by atoms with Gasteiger partial charge in [-0.1, -0.05) is 75.3 Å². The van der Waals surface area contributed by atoms with E-state index in [1.54, 1.807) is 0 Å². The smallest absolute Gasteiger partial charge is 0.427 e. The van der Waals surface area contributed by atoms with Gasteiger partial charge in [-0.15, -0.1) is 0 Å². The molecule has 1 aliphatic heterocycles. The van der Waals surface area contributed by atoms with E-state index in [0.29, 0.717) is 17.5 Å². The Hall–Kier alpha value is -4.45. The third-order valence-corrected chi connectivity index (χ3v) is 11.8. The van der Waals surface area contributed by atoms with E-state index in [0.717, 1.165) is 43.1 Å². The van der Waals surface area contributed by atoms with Gasteiger partial charge in [0.2, 0.25) is 0 Å². The first-order valence-electron chi connectivity index (χ1n) is 18.9. The summed E-state index contributed by atoms with van der Waals surface area (Å²) >= 11 is 0. The lowest BCUT2D eigenvalue weighted by molar-refractivity contribution is -0.135. The number of esters is 2. The second kappa shape index (κ2) is 24.0. The quantitative estimate of drug-likeness (QED) is 0.0146. The first-order chi connectivity index (χ1) is 27.7. The lowest BCUT2D eigenvalue weighted by atomic mass is 10.1. The highest BCUT2D eigenvalue weighted by Crippen LogP contribution is 2.64. The highest BCUT2D eigenvalue weighted by molar-refractivity contribution is 7.61. The molecule has 0 bridgehead atoms. The van der Waals surface area contributed by atoms with Crippen molar-refractivity contribution in [2.24, 2.45) is 5.11 Å². The molecular formula is C37H52N6O14P2. The largest absolute Gasteiger partial charge is 0.484 e. The first-order valence-corrected chi connectivity index (χ1v) is 21.9. The van der Waals surface area contributed by atoms with E-state index < -0.39 is 71.1 Å². The fourth-order valence-corrected chi connectivity index (χ4v) is 8.20. The lowest BCUT2D eigenvalue weighted by Crippen LogP contribution is -2.33. The summed E-state index contributed by atoms with van der Waals surface area (Å²) in [6.45, 7) is 3.90. The summed E-state index contributed by atoms with van der Waals surface area (Å²) in [7, 11) is -10.3. The molecule has 324 valence electrons. The molecule has 22 heteroatoms. The summed E-state index contributed by atoms with van der Waals surface area (Å²) in [6.07, 6.45) is 5.91. The van der Waals surface area contributed by atoms with Crippen molar-refractivity contribution < 1.29 is 55.7 Å². The number of rotatable bonds is 24. The minimum atomic E-state index is -5.30. The number of phosphoric acid groups is 2. The summed E-state index contributed by atoms with van der Waals surface area (Å²) in [6, 6.07) is 11.1. The number of hydrogen-bond acceptors (Lipinski definition) is 15. The van der Waals surface area contributed by atoms with Crippen molar-refractivity contribution in [1.29, 1.82) is 0 Å². The van der Waals surface area contributed by atoms with Crippen molar-refractivity contribution in [3.05, 3.63) is 103 Å². The maximum atomic E-state index is 14.0. The van der Waals surface area contributed by atoms with Crippen molar-refractivity contribution in [3.63, 3.8) is 0 Å². The number of benzene rings is 2. The van der Waals surface area contributed by atoms with Crippen molar-refractivity contribution >= 4 is 27.6 Å². The van der Waals surface area contributed by atoms with Gasteiger partial charge in [-0.25, -0.2) is 13.9 Å². The zero-order chi connectivity index (χ0) is 42.1. The molecule has 2 unspecified atom stereocenters. The second-order valence-electron chi connectivity index (χ2n) is 13.5. The number of carbonyl (C=O) groups is 2. The Kier molecular flexibility index (Phi) is 19.9. The van der Waals surface area contributed by atoms with E-state index in [2.05, 4.69) is 21.9 Å². The summed E-state index contributed by atoms with van der Waals surface area (Å²) in [4.78, 5) is 64.3. The van der Waals surface area contributed by atoms with Crippen LogP contribution in [0, 0.1) is 6.92 Å². The lowest BCUT2D eigenvalue weighted by Gasteiger charge is -2.22. The SMILES string of the molecule is CCCCCCCC(=O)Oc1ccc(COP(=O)(OCc2ccc(OC(=O)CCCC)cc2)OP(=O)(O)OC[C@H]2O[C@@H](n3cc(C)c(=O)[nH]c3=O)C[C@@H]2N=[N+]=[N-])cc1.N. The molecule has 0 radical (unpaired) electrons. The second-order valence-corrected chi connectivity index (χ2v) is 16.7. The molecule has 1 aliphatic rings. The maximum absolute atomic E-state index is 14.0. The molecule has 0 saturated carbocycles. The number of aromatic nitrogens is 2. The van der Waals surface area contributed by atoms with Crippen molar-refractivity contribution in [3.8, 4) is 11.5 Å².